The lowest BCUT2D eigenvalue weighted by Gasteiger charge is -2.43. The van der Waals surface area contributed by atoms with E-state index in [0.717, 1.165) is 18.3 Å². The van der Waals surface area contributed by atoms with E-state index in [1.807, 2.05) is 0 Å². The summed E-state index contributed by atoms with van der Waals surface area (Å²) in [7, 11) is 0. The molecule has 0 saturated heterocycles. The summed E-state index contributed by atoms with van der Waals surface area (Å²) in [6.07, 6.45) is 15.2. The molecule has 2 nitrogen and oxygen atoms in total. The van der Waals surface area contributed by atoms with Gasteiger partial charge in [0.2, 0.25) is 0 Å². The van der Waals surface area contributed by atoms with Gasteiger partial charge in [0.1, 0.15) is 6.10 Å². The maximum atomic E-state index is 5.34. The van der Waals surface area contributed by atoms with Crippen molar-refractivity contribution in [2.45, 2.75) is 51.6 Å². The third kappa shape index (κ3) is 2.29. The van der Waals surface area contributed by atoms with Crippen molar-refractivity contribution in [3.05, 3.63) is 0 Å². The van der Waals surface area contributed by atoms with E-state index in [1.54, 1.807) is 0 Å². The van der Waals surface area contributed by atoms with Crippen molar-refractivity contribution in [2.75, 3.05) is 0 Å². The summed E-state index contributed by atoms with van der Waals surface area (Å²) >= 11 is 0. The maximum absolute atomic E-state index is 5.34. The van der Waals surface area contributed by atoms with E-state index in [9.17, 15) is 0 Å². The lowest BCUT2D eigenvalue weighted by Crippen LogP contribution is -2.40. The summed E-state index contributed by atoms with van der Waals surface area (Å²) in [6.45, 7) is 2.34. The van der Waals surface area contributed by atoms with E-state index in [-0.39, 0.29) is 6.10 Å². The van der Waals surface area contributed by atoms with Crippen LogP contribution in [0, 0.1) is 30.3 Å². The SMILES string of the molecule is C#COOC1CCCC2CCCC(C)C21. The molecule has 2 fully saturated rings. The van der Waals surface area contributed by atoms with Gasteiger partial charge >= 0.3 is 0 Å². The minimum atomic E-state index is 0.232. The molecule has 0 aromatic rings. The Morgan fingerprint density at radius 3 is 2.60 bits per heavy atom. The van der Waals surface area contributed by atoms with E-state index in [0.29, 0.717) is 5.92 Å². The van der Waals surface area contributed by atoms with Crippen LogP contribution in [0.1, 0.15) is 45.4 Å². The van der Waals surface area contributed by atoms with Gasteiger partial charge in [-0.15, -0.1) is 0 Å². The van der Waals surface area contributed by atoms with Gasteiger partial charge < -0.3 is 0 Å². The van der Waals surface area contributed by atoms with Crippen molar-refractivity contribution < 1.29 is 9.78 Å². The van der Waals surface area contributed by atoms with Crippen LogP contribution >= 0.6 is 0 Å². The predicted octanol–water partition coefficient (Wildman–Crippen LogP) is 3.13. The van der Waals surface area contributed by atoms with Crippen LogP contribution in [0.5, 0.6) is 0 Å². The number of terminal acetylenes is 1. The largest absolute Gasteiger partial charge is 0.282 e. The Bertz CT molecular complexity index is 241. The molecule has 0 radical (unpaired) electrons. The minimum Gasteiger partial charge on any atom is -0.282 e. The van der Waals surface area contributed by atoms with Gasteiger partial charge in [-0.1, -0.05) is 39.0 Å². The lowest BCUT2D eigenvalue weighted by atomic mass is 9.65. The van der Waals surface area contributed by atoms with Gasteiger partial charge in [0.25, 0.3) is 0 Å². The fraction of sp³-hybridized carbons (Fsp3) is 0.846. The second kappa shape index (κ2) is 4.90. The van der Waals surface area contributed by atoms with E-state index in [1.165, 1.54) is 32.1 Å². The third-order valence-electron chi connectivity index (χ3n) is 4.15. The van der Waals surface area contributed by atoms with Gasteiger partial charge in [0, 0.05) is 0 Å². The van der Waals surface area contributed by atoms with Crippen LogP contribution in [0.15, 0.2) is 0 Å². The van der Waals surface area contributed by atoms with Gasteiger partial charge in [0.05, 0.1) is 0 Å². The molecule has 2 saturated carbocycles. The van der Waals surface area contributed by atoms with Crippen LogP contribution in [-0.2, 0) is 9.78 Å². The van der Waals surface area contributed by atoms with Crippen molar-refractivity contribution in [3.63, 3.8) is 0 Å². The van der Waals surface area contributed by atoms with Crippen LogP contribution in [-0.4, -0.2) is 6.10 Å². The summed E-state index contributed by atoms with van der Waals surface area (Å²) in [5.41, 5.74) is 0. The Morgan fingerprint density at radius 1 is 1.13 bits per heavy atom. The molecule has 0 spiro atoms. The number of rotatable bonds is 2. The number of hydrogen-bond acceptors (Lipinski definition) is 2. The highest BCUT2D eigenvalue weighted by atomic mass is 17.2. The van der Waals surface area contributed by atoms with Gasteiger partial charge in [-0.25, -0.2) is 0 Å². The van der Waals surface area contributed by atoms with Crippen molar-refractivity contribution in [2.24, 2.45) is 17.8 Å². The Labute approximate surface area is 92.3 Å². The lowest BCUT2D eigenvalue weighted by molar-refractivity contribution is -0.299. The first-order chi connectivity index (χ1) is 7.33. The quantitative estimate of drug-likeness (QED) is 0.394. The average molecular weight is 208 g/mol. The standard InChI is InChI=1S/C13H20O2/c1-3-14-15-12-9-5-8-11-7-4-6-10(2)13(11)12/h1,10-13H,4-9H2,2H3. The molecule has 2 aliphatic carbocycles. The summed E-state index contributed by atoms with van der Waals surface area (Å²) in [5, 5.41) is 0. The Balaban J connectivity index is 2.00. The molecule has 0 heterocycles. The second-order valence-corrected chi connectivity index (χ2v) is 5.01. The van der Waals surface area contributed by atoms with Crippen molar-refractivity contribution in [3.8, 4) is 12.5 Å². The molecule has 4 unspecified atom stereocenters. The average Bonchev–Trinajstić information content (AvgIpc) is 2.26. The Kier molecular flexibility index (Phi) is 3.53. The van der Waals surface area contributed by atoms with Crippen molar-refractivity contribution in [1.29, 1.82) is 0 Å². The maximum Gasteiger partial charge on any atom is 0.153 e. The molecule has 4 atom stereocenters. The van der Waals surface area contributed by atoms with E-state index in [4.69, 9.17) is 16.2 Å². The summed E-state index contributed by atoms with van der Waals surface area (Å²) < 4.78 is 0. The summed E-state index contributed by atoms with van der Waals surface area (Å²) in [5.74, 6) is 2.27. The summed E-state index contributed by atoms with van der Waals surface area (Å²) in [4.78, 5) is 10.0. The number of hydrogen-bond donors (Lipinski definition) is 0. The van der Waals surface area contributed by atoms with Gasteiger partial charge in [0.15, 0.2) is 6.11 Å². The molecule has 2 heteroatoms. The Morgan fingerprint density at radius 2 is 1.87 bits per heavy atom. The van der Waals surface area contributed by atoms with Crippen LogP contribution < -0.4 is 0 Å². The monoisotopic (exact) mass is 208 g/mol. The highest BCUT2D eigenvalue weighted by Crippen LogP contribution is 2.44. The van der Waals surface area contributed by atoms with E-state index < -0.39 is 0 Å². The molecule has 0 bridgehead atoms. The molecule has 0 amide bonds. The second-order valence-electron chi connectivity index (χ2n) is 5.01. The third-order valence-corrected chi connectivity index (χ3v) is 4.15. The van der Waals surface area contributed by atoms with Crippen LogP contribution in [0.25, 0.3) is 0 Å². The van der Waals surface area contributed by atoms with Gasteiger partial charge in [-0.3, -0.25) is 4.89 Å². The van der Waals surface area contributed by atoms with Gasteiger partial charge in [-0.2, -0.15) is 4.89 Å². The predicted molar refractivity (Wildman–Crippen MR) is 58.6 cm³/mol. The fourth-order valence-electron chi connectivity index (χ4n) is 3.53. The molecular weight excluding hydrogens is 188 g/mol. The smallest absolute Gasteiger partial charge is 0.153 e. The fourth-order valence-corrected chi connectivity index (χ4v) is 3.53. The zero-order chi connectivity index (χ0) is 10.7. The minimum absolute atomic E-state index is 0.232. The van der Waals surface area contributed by atoms with Crippen LogP contribution in [0.2, 0.25) is 0 Å². The first kappa shape index (κ1) is 10.8. The first-order valence-electron chi connectivity index (χ1n) is 6.11. The molecule has 2 rings (SSSR count). The van der Waals surface area contributed by atoms with Crippen LogP contribution in [0.4, 0.5) is 0 Å². The summed E-state index contributed by atoms with van der Waals surface area (Å²) in [6, 6.07) is 0. The highest BCUT2D eigenvalue weighted by molar-refractivity contribution is 4.89. The zero-order valence-electron chi connectivity index (χ0n) is 9.45. The Hall–Kier alpha value is -0.680. The molecule has 2 aliphatic rings. The highest BCUT2D eigenvalue weighted by Gasteiger charge is 2.40. The molecule has 84 valence electrons. The van der Waals surface area contributed by atoms with E-state index in [2.05, 4.69) is 13.0 Å². The first-order valence-corrected chi connectivity index (χ1v) is 6.11. The molecule has 0 aliphatic heterocycles. The molecule has 15 heavy (non-hydrogen) atoms. The zero-order valence-corrected chi connectivity index (χ0v) is 9.45. The van der Waals surface area contributed by atoms with E-state index >= 15 is 0 Å². The molecule has 0 aromatic carbocycles. The normalized spacial score (nSPS) is 40.3. The molecule has 0 N–H and O–H groups in total. The topological polar surface area (TPSA) is 18.5 Å². The number of fused-ring (bicyclic) bond motifs is 1. The molecule has 0 aromatic heterocycles. The van der Waals surface area contributed by atoms with Crippen molar-refractivity contribution in [1.82, 2.24) is 0 Å². The van der Waals surface area contributed by atoms with Gasteiger partial charge in [-0.05, 0) is 30.6 Å². The van der Waals surface area contributed by atoms with Crippen molar-refractivity contribution >= 4 is 0 Å². The van der Waals surface area contributed by atoms with Crippen LogP contribution in [0.3, 0.4) is 0 Å². The molecular formula is C13H20O2.